The maximum atomic E-state index is 6.05. The monoisotopic (exact) mass is 218 g/mol. The van der Waals surface area contributed by atoms with E-state index < -0.39 is 0 Å². The fraction of sp³-hybridized carbons (Fsp3) is 0.571. The van der Waals surface area contributed by atoms with Crippen molar-refractivity contribution in [2.45, 2.75) is 27.2 Å². The lowest BCUT2D eigenvalue weighted by molar-refractivity contribution is 0.423. The van der Waals surface area contributed by atoms with Crippen molar-refractivity contribution in [1.82, 2.24) is 0 Å². The zero-order chi connectivity index (χ0) is 11.7. The van der Waals surface area contributed by atoms with Crippen LogP contribution >= 0.6 is 0 Å². The number of benzene rings is 1. The van der Waals surface area contributed by atoms with Crippen molar-refractivity contribution in [2.24, 2.45) is 11.8 Å². The third-order valence-corrected chi connectivity index (χ3v) is 3.69. The van der Waals surface area contributed by atoms with Gasteiger partial charge < -0.3 is 10.6 Å². The highest BCUT2D eigenvalue weighted by Crippen LogP contribution is 2.32. The summed E-state index contributed by atoms with van der Waals surface area (Å²) in [4.78, 5) is 2.44. The minimum atomic E-state index is 0.774. The summed E-state index contributed by atoms with van der Waals surface area (Å²) < 4.78 is 0. The number of anilines is 2. The molecule has 1 heterocycles. The number of aryl methyl sites for hydroxylation is 1. The molecule has 1 unspecified atom stereocenters. The van der Waals surface area contributed by atoms with Gasteiger partial charge in [-0.15, -0.1) is 0 Å². The highest BCUT2D eigenvalue weighted by molar-refractivity contribution is 5.68. The van der Waals surface area contributed by atoms with Crippen molar-refractivity contribution in [3.8, 4) is 0 Å². The van der Waals surface area contributed by atoms with Gasteiger partial charge in [-0.2, -0.15) is 0 Å². The lowest BCUT2D eigenvalue weighted by Gasteiger charge is -2.22. The average Bonchev–Trinajstić information content (AvgIpc) is 2.70. The molecule has 0 bridgehead atoms. The second kappa shape index (κ2) is 4.36. The second-order valence-corrected chi connectivity index (χ2v) is 5.30. The van der Waals surface area contributed by atoms with Gasteiger partial charge in [-0.25, -0.2) is 0 Å². The molecule has 1 aliphatic rings. The molecule has 0 radical (unpaired) electrons. The highest BCUT2D eigenvalue weighted by atomic mass is 15.2. The van der Waals surface area contributed by atoms with E-state index >= 15 is 0 Å². The molecule has 1 aliphatic heterocycles. The Morgan fingerprint density at radius 2 is 2.12 bits per heavy atom. The lowest BCUT2D eigenvalue weighted by atomic mass is 9.95. The van der Waals surface area contributed by atoms with Crippen LogP contribution in [0.4, 0.5) is 11.4 Å². The molecular weight excluding hydrogens is 196 g/mol. The largest absolute Gasteiger partial charge is 0.397 e. The maximum Gasteiger partial charge on any atom is 0.0602 e. The maximum absolute atomic E-state index is 6.05. The molecule has 1 aromatic carbocycles. The summed E-state index contributed by atoms with van der Waals surface area (Å²) in [6, 6.07) is 6.31. The van der Waals surface area contributed by atoms with E-state index in [9.17, 15) is 0 Å². The standard InChI is InChI=1S/C14H22N2/c1-10(2)12-6-7-16(9-12)14-8-11(3)4-5-13(14)15/h4-5,8,10,12H,6-7,9,15H2,1-3H3. The Morgan fingerprint density at radius 3 is 2.75 bits per heavy atom. The van der Waals surface area contributed by atoms with E-state index in [0.29, 0.717) is 0 Å². The molecule has 2 nitrogen and oxygen atoms in total. The summed E-state index contributed by atoms with van der Waals surface area (Å²) in [5.41, 5.74) is 9.48. The molecule has 1 atom stereocenters. The molecule has 1 fully saturated rings. The Balaban J connectivity index is 2.17. The zero-order valence-corrected chi connectivity index (χ0v) is 10.5. The molecule has 2 rings (SSSR count). The number of hydrogen-bond donors (Lipinski definition) is 1. The first-order valence-electron chi connectivity index (χ1n) is 6.19. The van der Waals surface area contributed by atoms with E-state index in [1.165, 1.54) is 17.7 Å². The number of nitrogens with two attached hydrogens (primary N) is 1. The molecule has 2 N–H and O–H groups in total. The van der Waals surface area contributed by atoms with Crippen molar-refractivity contribution >= 4 is 11.4 Å². The zero-order valence-electron chi connectivity index (χ0n) is 10.5. The van der Waals surface area contributed by atoms with Gasteiger partial charge in [-0.3, -0.25) is 0 Å². The summed E-state index contributed by atoms with van der Waals surface area (Å²) in [6.07, 6.45) is 1.30. The summed E-state index contributed by atoms with van der Waals surface area (Å²) in [7, 11) is 0. The van der Waals surface area contributed by atoms with Crippen LogP contribution in [0, 0.1) is 18.8 Å². The quantitative estimate of drug-likeness (QED) is 0.773. The molecule has 0 spiro atoms. The molecule has 0 aliphatic carbocycles. The van der Waals surface area contributed by atoms with E-state index in [-0.39, 0.29) is 0 Å². The first-order valence-corrected chi connectivity index (χ1v) is 6.19. The van der Waals surface area contributed by atoms with Crippen LogP contribution in [-0.4, -0.2) is 13.1 Å². The fourth-order valence-corrected chi connectivity index (χ4v) is 2.48. The smallest absolute Gasteiger partial charge is 0.0602 e. The fourth-order valence-electron chi connectivity index (χ4n) is 2.48. The van der Waals surface area contributed by atoms with Gasteiger partial charge in [0.1, 0.15) is 0 Å². The van der Waals surface area contributed by atoms with Crippen LogP contribution in [0.25, 0.3) is 0 Å². The van der Waals surface area contributed by atoms with E-state index in [0.717, 1.165) is 30.6 Å². The van der Waals surface area contributed by atoms with E-state index in [2.05, 4.69) is 37.8 Å². The minimum Gasteiger partial charge on any atom is -0.397 e. The van der Waals surface area contributed by atoms with Crippen molar-refractivity contribution in [3.05, 3.63) is 23.8 Å². The average molecular weight is 218 g/mol. The third kappa shape index (κ3) is 2.16. The second-order valence-electron chi connectivity index (χ2n) is 5.30. The van der Waals surface area contributed by atoms with Gasteiger partial charge in [0.25, 0.3) is 0 Å². The van der Waals surface area contributed by atoms with Gasteiger partial charge in [0.15, 0.2) is 0 Å². The van der Waals surface area contributed by atoms with Crippen LogP contribution in [0.3, 0.4) is 0 Å². The van der Waals surface area contributed by atoms with Crippen LogP contribution in [0.15, 0.2) is 18.2 Å². The predicted octanol–water partition coefficient (Wildman–Crippen LogP) is 3.06. The summed E-state index contributed by atoms with van der Waals surface area (Å²) in [5.74, 6) is 1.59. The molecule has 16 heavy (non-hydrogen) atoms. The van der Waals surface area contributed by atoms with Gasteiger partial charge in [-0.1, -0.05) is 19.9 Å². The van der Waals surface area contributed by atoms with Crippen LogP contribution < -0.4 is 10.6 Å². The van der Waals surface area contributed by atoms with Crippen LogP contribution in [0.2, 0.25) is 0 Å². The number of nitrogen functional groups attached to an aromatic ring is 1. The van der Waals surface area contributed by atoms with Crippen LogP contribution in [-0.2, 0) is 0 Å². The molecule has 1 aromatic rings. The Hall–Kier alpha value is -1.18. The molecule has 0 amide bonds. The summed E-state index contributed by atoms with van der Waals surface area (Å²) in [5, 5.41) is 0. The van der Waals surface area contributed by atoms with Crippen LogP contribution in [0.5, 0.6) is 0 Å². The Morgan fingerprint density at radius 1 is 1.38 bits per heavy atom. The van der Waals surface area contributed by atoms with E-state index in [1.807, 2.05) is 6.07 Å². The van der Waals surface area contributed by atoms with Crippen molar-refractivity contribution in [1.29, 1.82) is 0 Å². The molecule has 0 aromatic heterocycles. The Bertz CT molecular complexity index is 371. The lowest BCUT2D eigenvalue weighted by Crippen LogP contribution is -2.22. The summed E-state index contributed by atoms with van der Waals surface area (Å²) >= 11 is 0. The summed E-state index contributed by atoms with van der Waals surface area (Å²) in [6.45, 7) is 9.06. The molecule has 2 heteroatoms. The van der Waals surface area contributed by atoms with Crippen molar-refractivity contribution < 1.29 is 0 Å². The topological polar surface area (TPSA) is 29.3 Å². The third-order valence-electron chi connectivity index (χ3n) is 3.69. The first kappa shape index (κ1) is 11.3. The van der Waals surface area contributed by atoms with E-state index in [4.69, 9.17) is 5.73 Å². The van der Waals surface area contributed by atoms with Gasteiger partial charge in [0.2, 0.25) is 0 Å². The van der Waals surface area contributed by atoms with Crippen LogP contribution in [0.1, 0.15) is 25.8 Å². The Kier molecular flexibility index (Phi) is 3.08. The molecular formula is C14H22N2. The predicted molar refractivity (Wildman–Crippen MR) is 70.7 cm³/mol. The molecule has 1 saturated heterocycles. The van der Waals surface area contributed by atoms with E-state index in [1.54, 1.807) is 0 Å². The Labute approximate surface area is 98.4 Å². The molecule has 88 valence electrons. The van der Waals surface area contributed by atoms with Crippen molar-refractivity contribution in [3.63, 3.8) is 0 Å². The van der Waals surface area contributed by atoms with Gasteiger partial charge in [0, 0.05) is 13.1 Å². The number of rotatable bonds is 2. The van der Waals surface area contributed by atoms with Gasteiger partial charge in [0.05, 0.1) is 11.4 Å². The minimum absolute atomic E-state index is 0.774. The highest BCUT2D eigenvalue weighted by Gasteiger charge is 2.25. The molecule has 0 saturated carbocycles. The van der Waals surface area contributed by atoms with Gasteiger partial charge in [-0.05, 0) is 42.9 Å². The van der Waals surface area contributed by atoms with Crippen molar-refractivity contribution in [2.75, 3.05) is 23.7 Å². The first-order chi connectivity index (χ1) is 7.58. The normalized spacial score (nSPS) is 20.8. The number of nitrogens with zero attached hydrogens (tertiary/aromatic N) is 1. The SMILES string of the molecule is Cc1ccc(N)c(N2CCC(C(C)C)C2)c1. The number of hydrogen-bond acceptors (Lipinski definition) is 2. The van der Waals surface area contributed by atoms with Gasteiger partial charge >= 0.3 is 0 Å².